The van der Waals surface area contributed by atoms with Gasteiger partial charge in [0.25, 0.3) is 0 Å². The molecule has 0 aliphatic carbocycles. The van der Waals surface area contributed by atoms with E-state index in [2.05, 4.69) is 4.90 Å². The number of benzene rings is 2. The molecule has 0 saturated carbocycles. The van der Waals surface area contributed by atoms with Crippen molar-refractivity contribution >= 4 is 28.8 Å². The highest BCUT2D eigenvalue weighted by atomic mass is 35.5. The standard InChI is InChI=1S/C19H20ClNOS/c20-17-10-4-2-8-15(17)14-22-18-11-5-3-9-16(18)19(23)21-12-6-1-7-13-21/h2-5,8-11H,1,6-7,12-14H2. The highest BCUT2D eigenvalue weighted by Crippen LogP contribution is 2.25. The molecule has 0 atom stereocenters. The van der Waals surface area contributed by atoms with E-state index in [-0.39, 0.29) is 0 Å². The topological polar surface area (TPSA) is 12.5 Å². The summed E-state index contributed by atoms with van der Waals surface area (Å²) in [4.78, 5) is 3.18. The van der Waals surface area contributed by atoms with Crippen molar-refractivity contribution in [1.29, 1.82) is 0 Å². The molecule has 0 radical (unpaired) electrons. The van der Waals surface area contributed by atoms with Crippen LogP contribution in [0.15, 0.2) is 48.5 Å². The number of hydrogen-bond acceptors (Lipinski definition) is 2. The van der Waals surface area contributed by atoms with Crippen LogP contribution >= 0.6 is 23.8 Å². The molecule has 2 aromatic carbocycles. The average molecular weight is 346 g/mol. The quantitative estimate of drug-likeness (QED) is 0.717. The number of halogens is 1. The third kappa shape index (κ3) is 4.04. The Hall–Kier alpha value is -1.58. The van der Waals surface area contributed by atoms with Crippen molar-refractivity contribution in [3.63, 3.8) is 0 Å². The molecular weight excluding hydrogens is 326 g/mol. The summed E-state index contributed by atoms with van der Waals surface area (Å²) in [5, 5.41) is 0.726. The van der Waals surface area contributed by atoms with Crippen molar-refractivity contribution in [2.75, 3.05) is 13.1 Å². The Morgan fingerprint density at radius 2 is 1.70 bits per heavy atom. The van der Waals surface area contributed by atoms with Crippen molar-refractivity contribution < 1.29 is 4.74 Å². The van der Waals surface area contributed by atoms with Crippen LogP contribution in [0.5, 0.6) is 5.75 Å². The lowest BCUT2D eigenvalue weighted by molar-refractivity contribution is 0.303. The van der Waals surface area contributed by atoms with Gasteiger partial charge >= 0.3 is 0 Å². The molecule has 0 N–H and O–H groups in total. The van der Waals surface area contributed by atoms with Gasteiger partial charge in [-0.2, -0.15) is 0 Å². The molecule has 23 heavy (non-hydrogen) atoms. The fourth-order valence-electron chi connectivity index (χ4n) is 2.81. The fraction of sp³-hybridized carbons (Fsp3) is 0.316. The lowest BCUT2D eigenvalue weighted by Crippen LogP contribution is -2.35. The molecule has 2 nitrogen and oxygen atoms in total. The van der Waals surface area contributed by atoms with E-state index >= 15 is 0 Å². The minimum absolute atomic E-state index is 0.444. The van der Waals surface area contributed by atoms with Crippen molar-refractivity contribution in [2.45, 2.75) is 25.9 Å². The maximum Gasteiger partial charge on any atom is 0.130 e. The summed E-state index contributed by atoms with van der Waals surface area (Å²) in [6.07, 6.45) is 3.72. The lowest BCUT2D eigenvalue weighted by atomic mass is 10.1. The lowest BCUT2D eigenvalue weighted by Gasteiger charge is -2.29. The molecule has 0 spiro atoms. The Bertz CT molecular complexity index is 683. The SMILES string of the molecule is S=C(c1ccccc1OCc1ccccc1Cl)N1CCCCC1. The van der Waals surface area contributed by atoms with Crippen LogP contribution in [0.25, 0.3) is 0 Å². The summed E-state index contributed by atoms with van der Waals surface area (Å²) in [7, 11) is 0. The van der Waals surface area contributed by atoms with Crippen LogP contribution in [-0.4, -0.2) is 23.0 Å². The Kier molecular flexibility index (Phi) is 5.52. The van der Waals surface area contributed by atoms with Crippen molar-refractivity contribution in [3.05, 3.63) is 64.7 Å². The van der Waals surface area contributed by atoms with E-state index in [0.29, 0.717) is 6.61 Å². The van der Waals surface area contributed by atoms with Gasteiger partial charge in [-0.25, -0.2) is 0 Å². The number of piperidine rings is 1. The normalized spacial score (nSPS) is 14.6. The zero-order valence-corrected chi connectivity index (χ0v) is 14.6. The molecule has 3 rings (SSSR count). The van der Waals surface area contributed by atoms with Crippen molar-refractivity contribution in [2.24, 2.45) is 0 Å². The van der Waals surface area contributed by atoms with Gasteiger partial charge < -0.3 is 9.64 Å². The van der Waals surface area contributed by atoms with Crippen LogP contribution in [0, 0.1) is 0 Å². The van der Waals surface area contributed by atoms with E-state index in [0.717, 1.165) is 40.0 Å². The molecule has 1 aliphatic rings. The molecule has 1 heterocycles. The molecule has 2 aromatic rings. The van der Waals surface area contributed by atoms with Crippen LogP contribution in [0.4, 0.5) is 0 Å². The van der Waals surface area contributed by atoms with Crippen LogP contribution in [0.2, 0.25) is 5.02 Å². The first-order valence-electron chi connectivity index (χ1n) is 8.00. The highest BCUT2D eigenvalue weighted by Gasteiger charge is 2.18. The number of para-hydroxylation sites is 1. The maximum absolute atomic E-state index is 6.20. The average Bonchev–Trinajstić information content (AvgIpc) is 2.61. The molecule has 1 fully saturated rings. The maximum atomic E-state index is 6.20. The van der Waals surface area contributed by atoms with Gasteiger partial charge in [0.2, 0.25) is 0 Å². The number of hydrogen-bond donors (Lipinski definition) is 0. The molecule has 0 bridgehead atoms. The van der Waals surface area contributed by atoms with E-state index in [9.17, 15) is 0 Å². The number of ether oxygens (including phenoxy) is 1. The second-order valence-corrected chi connectivity index (χ2v) is 6.52. The van der Waals surface area contributed by atoms with Gasteiger partial charge in [0, 0.05) is 23.7 Å². The van der Waals surface area contributed by atoms with Gasteiger partial charge in [-0.1, -0.05) is 54.2 Å². The minimum atomic E-state index is 0.444. The Labute approximate surface area is 148 Å². The fourth-order valence-corrected chi connectivity index (χ4v) is 3.35. The van der Waals surface area contributed by atoms with Gasteiger partial charge in [0.1, 0.15) is 17.3 Å². The van der Waals surface area contributed by atoms with E-state index < -0.39 is 0 Å². The minimum Gasteiger partial charge on any atom is -0.488 e. The third-order valence-corrected chi connectivity index (χ3v) is 4.95. The van der Waals surface area contributed by atoms with E-state index in [4.69, 9.17) is 28.6 Å². The first kappa shape index (κ1) is 16.3. The summed E-state index contributed by atoms with van der Waals surface area (Å²) in [5.74, 6) is 0.822. The second-order valence-electron chi connectivity index (χ2n) is 5.73. The van der Waals surface area contributed by atoms with Crippen LogP contribution in [-0.2, 0) is 6.61 Å². The van der Waals surface area contributed by atoms with Gasteiger partial charge in [-0.15, -0.1) is 0 Å². The summed E-state index contributed by atoms with van der Waals surface area (Å²) < 4.78 is 6.02. The molecule has 0 amide bonds. The molecule has 0 aromatic heterocycles. The molecule has 0 unspecified atom stereocenters. The van der Waals surface area contributed by atoms with Crippen molar-refractivity contribution in [1.82, 2.24) is 4.90 Å². The number of rotatable bonds is 4. The van der Waals surface area contributed by atoms with Gasteiger partial charge in [0.05, 0.1) is 5.56 Å². The van der Waals surface area contributed by atoms with Crippen molar-refractivity contribution in [3.8, 4) is 5.75 Å². The molecule has 1 aliphatic heterocycles. The third-order valence-electron chi connectivity index (χ3n) is 4.10. The Morgan fingerprint density at radius 1 is 1.00 bits per heavy atom. The Balaban J connectivity index is 1.75. The van der Waals surface area contributed by atoms with Crippen LogP contribution in [0.1, 0.15) is 30.4 Å². The highest BCUT2D eigenvalue weighted by molar-refractivity contribution is 7.80. The van der Waals surface area contributed by atoms with E-state index in [1.165, 1.54) is 19.3 Å². The van der Waals surface area contributed by atoms with E-state index in [1.54, 1.807) is 0 Å². The molecule has 1 saturated heterocycles. The van der Waals surface area contributed by atoms with Gasteiger partial charge in [-0.3, -0.25) is 0 Å². The largest absolute Gasteiger partial charge is 0.488 e. The van der Waals surface area contributed by atoms with Crippen LogP contribution in [0.3, 0.4) is 0 Å². The van der Waals surface area contributed by atoms with Crippen LogP contribution < -0.4 is 4.74 Å². The molecular formula is C19H20ClNOS. The number of thiocarbonyl (C=S) groups is 1. The monoisotopic (exact) mass is 345 g/mol. The Morgan fingerprint density at radius 3 is 2.48 bits per heavy atom. The smallest absolute Gasteiger partial charge is 0.130 e. The predicted octanol–water partition coefficient (Wildman–Crippen LogP) is 5.08. The first-order valence-corrected chi connectivity index (χ1v) is 8.79. The second kappa shape index (κ2) is 7.80. The van der Waals surface area contributed by atoms with E-state index in [1.807, 2.05) is 48.5 Å². The molecule has 4 heteroatoms. The number of likely N-dealkylation sites (tertiary alicyclic amines) is 1. The molecule has 120 valence electrons. The summed E-state index contributed by atoms with van der Waals surface area (Å²) >= 11 is 11.9. The zero-order chi connectivity index (χ0) is 16.1. The predicted molar refractivity (Wildman–Crippen MR) is 99.4 cm³/mol. The zero-order valence-electron chi connectivity index (χ0n) is 13.0. The summed E-state index contributed by atoms with van der Waals surface area (Å²) in [5.41, 5.74) is 1.98. The summed E-state index contributed by atoms with van der Waals surface area (Å²) in [6.45, 7) is 2.52. The number of nitrogens with zero attached hydrogens (tertiary/aromatic N) is 1. The summed E-state index contributed by atoms with van der Waals surface area (Å²) in [6, 6.07) is 15.7. The van der Waals surface area contributed by atoms with Gasteiger partial charge in [0.15, 0.2) is 0 Å². The first-order chi connectivity index (χ1) is 11.3. The van der Waals surface area contributed by atoms with Gasteiger partial charge in [-0.05, 0) is 37.5 Å².